The number of hydrogen-bond acceptors (Lipinski definition) is 4. The topological polar surface area (TPSA) is 84.5 Å². The van der Waals surface area contributed by atoms with Crippen LogP contribution in [0.4, 0.5) is 20.2 Å². The summed E-state index contributed by atoms with van der Waals surface area (Å²) in [7, 11) is -3.87. The maximum Gasteiger partial charge on any atom is 0.387 e. The minimum Gasteiger partial charge on any atom is -0.435 e. The highest BCUT2D eigenvalue weighted by atomic mass is 32.2. The minimum atomic E-state index is -3.87. The van der Waals surface area contributed by atoms with Crippen molar-refractivity contribution < 1.29 is 26.7 Å². The largest absolute Gasteiger partial charge is 0.435 e. The number of halogens is 2. The second-order valence-electron chi connectivity index (χ2n) is 5.05. The van der Waals surface area contributed by atoms with Crippen molar-refractivity contribution >= 4 is 27.3 Å². The molecule has 1 heterocycles. The number of anilines is 2. The maximum atomic E-state index is 12.4. The van der Waals surface area contributed by atoms with Gasteiger partial charge in [0.25, 0.3) is 10.0 Å². The highest BCUT2D eigenvalue weighted by Gasteiger charge is 2.22. The van der Waals surface area contributed by atoms with Crippen molar-refractivity contribution in [2.45, 2.75) is 17.9 Å². The highest BCUT2D eigenvalue weighted by molar-refractivity contribution is 7.92. The molecule has 126 valence electrons. The Morgan fingerprint density at radius 2 is 1.83 bits per heavy atom. The van der Waals surface area contributed by atoms with Crippen molar-refractivity contribution in [1.29, 1.82) is 0 Å². The van der Waals surface area contributed by atoms with E-state index in [9.17, 15) is 22.0 Å². The summed E-state index contributed by atoms with van der Waals surface area (Å²) in [6, 6.07) is 9.41. The van der Waals surface area contributed by atoms with Gasteiger partial charge in [0.1, 0.15) is 5.75 Å². The Morgan fingerprint density at radius 1 is 1.12 bits per heavy atom. The fraction of sp³-hybridized carbons (Fsp3) is 0.133. The first-order valence-electron chi connectivity index (χ1n) is 6.84. The molecule has 24 heavy (non-hydrogen) atoms. The third-order valence-electron chi connectivity index (χ3n) is 3.34. The van der Waals surface area contributed by atoms with Crippen LogP contribution in [0.3, 0.4) is 0 Å². The van der Waals surface area contributed by atoms with E-state index in [1.165, 1.54) is 42.5 Å². The van der Waals surface area contributed by atoms with Crippen molar-refractivity contribution in [2.24, 2.45) is 0 Å². The molecule has 0 radical (unpaired) electrons. The van der Waals surface area contributed by atoms with E-state index in [0.717, 1.165) is 0 Å². The summed E-state index contributed by atoms with van der Waals surface area (Å²) in [6.45, 7) is -2.95. The van der Waals surface area contributed by atoms with E-state index in [4.69, 9.17) is 0 Å². The lowest BCUT2D eigenvalue weighted by atomic mass is 10.2. The molecule has 0 unspecified atom stereocenters. The van der Waals surface area contributed by atoms with Crippen molar-refractivity contribution in [3.8, 4) is 5.75 Å². The summed E-state index contributed by atoms with van der Waals surface area (Å²) in [6.07, 6.45) is 0.123. The molecule has 2 aromatic carbocycles. The summed E-state index contributed by atoms with van der Waals surface area (Å²) in [5, 5.41) is 2.62. The molecule has 3 rings (SSSR count). The van der Waals surface area contributed by atoms with Gasteiger partial charge >= 0.3 is 6.61 Å². The molecular formula is C15H12F2N2O4S. The van der Waals surface area contributed by atoms with Crippen LogP contribution in [-0.2, 0) is 21.2 Å². The molecule has 0 fully saturated rings. The van der Waals surface area contributed by atoms with E-state index in [-0.39, 0.29) is 28.7 Å². The summed E-state index contributed by atoms with van der Waals surface area (Å²) < 4.78 is 55.5. The molecule has 0 saturated carbocycles. The number of amides is 1. The van der Waals surface area contributed by atoms with Crippen LogP contribution in [0.1, 0.15) is 5.56 Å². The second-order valence-corrected chi connectivity index (χ2v) is 6.73. The fourth-order valence-electron chi connectivity index (χ4n) is 2.29. The van der Waals surface area contributed by atoms with Crippen molar-refractivity contribution in [3.05, 3.63) is 48.0 Å². The SMILES string of the molecule is O=C1Cc2cc(S(=O)(=O)Nc3ccc(OC(F)F)cc3)ccc2N1. The lowest BCUT2D eigenvalue weighted by Crippen LogP contribution is -2.13. The zero-order valence-electron chi connectivity index (χ0n) is 12.1. The Labute approximate surface area is 136 Å². The number of carbonyl (C=O) groups excluding carboxylic acids is 1. The number of carbonyl (C=O) groups is 1. The zero-order valence-corrected chi connectivity index (χ0v) is 12.9. The molecule has 1 aliphatic heterocycles. The van der Waals surface area contributed by atoms with Gasteiger partial charge in [-0.15, -0.1) is 0 Å². The number of fused-ring (bicyclic) bond motifs is 1. The number of benzene rings is 2. The number of alkyl halides is 2. The van der Waals surface area contributed by atoms with Gasteiger partial charge in [-0.25, -0.2) is 8.42 Å². The number of sulfonamides is 1. The van der Waals surface area contributed by atoms with Crippen molar-refractivity contribution in [3.63, 3.8) is 0 Å². The van der Waals surface area contributed by atoms with Crippen LogP contribution < -0.4 is 14.8 Å². The Balaban J connectivity index is 1.79. The average Bonchev–Trinajstić information content (AvgIpc) is 2.87. The summed E-state index contributed by atoms with van der Waals surface area (Å²) in [5.41, 5.74) is 1.39. The molecule has 2 N–H and O–H groups in total. The summed E-state index contributed by atoms with van der Waals surface area (Å²) >= 11 is 0. The van der Waals surface area contributed by atoms with Crippen LogP contribution in [0, 0.1) is 0 Å². The monoisotopic (exact) mass is 354 g/mol. The molecular weight excluding hydrogens is 342 g/mol. The highest BCUT2D eigenvalue weighted by Crippen LogP contribution is 2.27. The van der Waals surface area contributed by atoms with E-state index in [1.54, 1.807) is 0 Å². The van der Waals surface area contributed by atoms with Crippen molar-refractivity contribution in [1.82, 2.24) is 0 Å². The maximum absolute atomic E-state index is 12.4. The Bertz CT molecular complexity index is 883. The molecule has 1 amide bonds. The third kappa shape index (κ3) is 3.46. The molecule has 0 aliphatic carbocycles. The van der Waals surface area contributed by atoms with E-state index < -0.39 is 16.6 Å². The van der Waals surface area contributed by atoms with Gasteiger partial charge in [-0.1, -0.05) is 0 Å². The lowest BCUT2D eigenvalue weighted by Gasteiger charge is -2.10. The standard InChI is InChI=1S/C15H12F2N2O4S/c16-15(17)23-11-3-1-10(2-4-11)19-24(21,22)12-5-6-13-9(7-12)8-14(20)18-13/h1-7,15,19H,8H2,(H,18,20). The van der Waals surface area contributed by atoms with Crippen LogP contribution in [0.25, 0.3) is 0 Å². The fourth-order valence-corrected chi connectivity index (χ4v) is 3.40. The van der Waals surface area contributed by atoms with E-state index in [2.05, 4.69) is 14.8 Å². The molecule has 0 aromatic heterocycles. The van der Waals surface area contributed by atoms with Gasteiger partial charge < -0.3 is 10.1 Å². The Morgan fingerprint density at radius 3 is 2.50 bits per heavy atom. The molecule has 0 saturated heterocycles. The number of ether oxygens (including phenoxy) is 1. The average molecular weight is 354 g/mol. The molecule has 2 aromatic rings. The molecule has 6 nitrogen and oxygen atoms in total. The predicted molar refractivity (Wildman–Crippen MR) is 82.7 cm³/mol. The minimum absolute atomic E-state index is 0.00524. The van der Waals surface area contributed by atoms with Crippen LogP contribution in [0.2, 0.25) is 0 Å². The zero-order chi connectivity index (χ0) is 17.3. The van der Waals surface area contributed by atoms with Gasteiger partial charge in [0.15, 0.2) is 0 Å². The summed E-state index contributed by atoms with van der Waals surface area (Å²) in [5.74, 6) is -0.266. The number of hydrogen-bond donors (Lipinski definition) is 2. The van der Waals surface area contributed by atoms with Crippen molar-refractivity contribution in [2.75, 3.05) is 10.0 Å². The van der Waals surface area contributed by atoms with Gasteiger partial charge in [0.05, 0.1) is 11.3 Å². The number of nitrogens with one attached hydrogen (secondary N) is 2. The van der Waals surface area contributed by atoms with Gasteiger partial charge in [-0.3, -0.25) is 9.52 Å². The van der Waals surface area contributed by atoms with Gasteiger partial charge in [-0.2, -0.15) is 8.78 Å². The van der Waals surface area contributed by atoms with E-state index in [1.807, 2.05) is 0 Å². The molecule has 1 aliphatic rings. The van der Waals surface area contributed by atoms with Crippen LogP contribution in [0.15, 0.2) is 47.4 Å². The second kappa shape index (κ2) is 6.08. The summed E-state index contributed by atoms with van der Waals surface area (Å²) in [4.78, 5) is 11.3. The van der Waals surface area contributed by atoms with Gasteiger partial charge in [-0.05, 0) is 48.0 Å². The first-order valence-corrected chi connectivity index (χ1v) is 8.32. The predicted octanol–water partition coefficient (Wildman–Crippen LogP) is 2.58. The lowest BCUT2D eigenvalue weighted by molar-refractivity contribution is -0.115. The number of rotatable bonds is 5. The van der Waals surface area contributed by atoms with E-state index >= 15 is 0 Å². The molecule has 9 heteroatoms. The molecule has 0 bridgehead atoms. The quantitative estimate of drug-likeness (QED) is 0.864. The van der Waals surface area contributed by atoms with Crippen LogP contribution >= 0.6 is 0 Å². The Kier molecular flexibility index (Phi) is 4.10. The van der Waals surface area contributed by atoms with Gasteiger partial charge in [0.2, 0.25) is 5.91 Å². The van der Waals surface area contributed by atoms with Crippen LogP contribution in [0.5, 0.6) is 5.75 Å². The smallest absolute Gasteiger partial charge is 0.387 e. The Hall–Kier alpha value is -2.68. The van der Waals surface area contributed by atoms with E-state index in [0.29, 0.717) is 11.3 Å². The normalized spacial score (nSPS) is 13.5. The van der Waals surface area contributed by atoms with Gasteiger partial charge in [0, 0.05) is 11.4 Å². The first-order chi connectivity index (χ1) is 11.3. The van der Waals surface area contributed by atoms with Crippen LogP contribution in [-0.4, -0.2) is 20.9 Å². The third-order valence-corrected chi connectivity index (χ3v) is 4.72. The first kappa shape index (κ1) is 16.2. The molecule has 0 spiro atoms. The molecule has 0 atom stereocenters.